The summed E-state index contributed by atoms with van der Waals surface area (Å²) < 4.78 is 39.7. The Morgan fingerprint density at radius 2 is 1.81 bits per heavy atom. The first kappa shape index (κ1) is 19.1. The van der Waals surface area contributed by atoms with Gasteiger partial charge in [-0.3, -0.25) is 4.90 Å². The zero-order chi connectivity index (χ0) is 18.7. The van der Waals surface area contributed by atoms with Crippen LogP contribution in [0.4, 0.5) is 0 Å². The second-order valence-electron chi connectivity index (χ2n) is 6.76. The fourth-order valence-electron chi connectivity index (χ4n) is 3.63. The van der Waals surface area contributed by atoms with Crippen LogP contribution in [0.15, 0.2) is 39.8 Å². The van der Waals surface area contributed by atoms with E-state index in [-0.39, 0.29) is 12.6 Å². The Morgan fingerprint density at radius 3 is 2.38 bits per heavy atom. The Morgan fingerprint density at radius 1 is 1.15 bits per heavy atom. The minimum absolute atomic E-state index is 0.158. The molecule has 0 spiro atoms. The van der Waals surface area contributed by atoms with Gasteiger partial charge < -0.3 is 9.15 Å². The lowest BCUT2D eigenvalue weighted by Crippen LogP contribution is -2.43. The lowest BCUT2D eigenvalue weighted by Gasteiger charge is -2.33. The highest BCUT2D eigenvalue weighted by molar-refractivity contribution is 7.89. The number of benzene rings is 1. The molecule has 1 aromatic carbocycles. The first-order valence-electron chi connectivity index (χ1n) is 8.81. The maximum Gasteiger partial charge on any atom is 0.241 e. The summed E-state index contributed by atoms with van der Waals surface area (Å²) in [5, 5.41) is 0. The van der Waals surface area contributed by atoms with Gasteiger partial charge in [-0.2, -0.15) is 0 Å². The van der Waals surface area contributed by atoms with Crippen LogP contribution in [0.2, 0.25) is 0 Å². The molecular weight excluding hydrogens is 352 g/mol. The van der Waals surface area contributed by atoms with Crippen molar-refractivity contribution >= 4 is 10.0 Å². The smallest absolute Gasteiger partial charge is 0.241 e. The van der Waals surface area contributed by atoms with Gasteiger partial charge in [0, 0.05) is 19.6 Å². The first-order valence-corrected chi connectivity index (χ1v) is 10.3. The van der Waals surface area contributed by atoms with Crippen molar-refractivity contribution < 1.29 is 17.6 Å². The fourth-order valence-corrected chi connectivity index (χ4v) is 5.12. The number of rotatable bonds is 6. The zero-order valence-electron chi connectivity index (χ0n) is 15.5. The molecule has 0 amide bonds. The molecule has 0 saturated carbocycles. The molecule has 1 fully saturated rings. The number of morpholine rings is 1. The summed E-state index contributed by atoms with van der Waals surface area (Å²) in [4.78, 5) is 2.56. The molecule has 0 radical (unpaired) electrons. The number of furan rings is 1. The average molecular weight is 378 g/mol. The highest BCUT2D eigenvalue weighted by atomic mass is 32.2. The van der Waals surface area contributed by atoms with E-state index in [9.17, 15) is 8.42 Å². The van der Waals surface area contributed by atoms with Crippen LogP contribution < -0.4 is 4.72 Å². The largest absolute Gasteiger partial charge is 0.468 e. The molecule has 1 atom stereocenters. The molecule has 1 saturated heterocycles. The van der Waals surface area contributed by atoms with Gasteiger partial charge in [-0.1, -0.05) is 17.7 Å². The molecule has 2 aromatic rings. The number of nitrogens with zero attached hydrogens (tertiary/aromatic N) is 1. The van der Waals surface area contributed by atoms with Crippen molar-refractivity contribution in [2.24, 2.45) is 0 Å². The molecule has 26 heavy (non-hydrogen) atoms. The topological polar surface area (TPSA) is 71.8 Å². The van der Waals surface area contributed by atoms with Crippen molar-refractivity contribution in [3.63, 3.8) is 0 Å². The summed E-state index contributed by atoms with van der Waals surface area (Å²) in [5.41, 5.74) is 2.58. The molecule has 3 rings (SSSR count). The van der Waals surface area contributed by atoms with Crippen molar-refractivity contribution in [2.45, 2.75) is 31.7 Å². The van der Waals surface area contributed by atoms with Gasteiger partial charge in [0.05, 0.1) is 30.4 Å². The van der Waals surface area contributed by atoms with Crippen LogP contribution in [-0.4, -0.2) is 46.2 Å². The van der Waals surface area contributed by atoms with Crippen molar-refractivity contribution in [3.05, 3.63) is 53.0 Å². The highest BCUT2D eigenvalue weighted by Crippen LogP contribution is 2.25. The number of hydrogen-bond donors (Lipinski definition) is 1. The third-order valence-corrected chi connectivity index (χ3v) is 6.43. The van der Waals surface area contributed by atoms with Crippen LogP contribution in [0.25, 0.3) is 0 Å². The molecule has 6 nitrogen and oxygen atoms in total. The SMILES string of the molecule is Cc1cc(C)c(S(=O)(=O)NC[C@@H](c2ccco2)N2CCOCC2)c(C)c1. The van der Waals surface area contributed by atoms with E-state index in [0.717, 1.165) is 35.5 Å². The minimum Gasteiger partial charge on any atom is -0.468 e. The van der Waals surface area contributed by atoms with Gasteiger partial charge >= 0.3 is 0 Å². The molecule has 0 unspecified atom stereocenters. The Kier molecular flexibility index (Phi) is 5.82. The van der Waals surface area contributed by atoms with Crippen LogP contribution in [0.5, 0.6) is 0 Å². The van der Waals surface area contributed by atoms with E-state index in [2.05, 4.69) is 9.62 Å². The van der Waals surface area contributed by atoms with E-state index in [1.54, 1.807) is 6.26 Å². The predicted molar refractivity (Wildman–Crippen MR) is 99.7 cm³/mol. The summed E-state index contributed by atoms with van der Waals surface area (Å²) in [5.74, 6) is 0.756. The molecular formula is C19H26N2O4S. The van der Waals surface area contributed by atoms with Crippen LogP contribution >= 0.6 is 0 Å². The molecule has 0 aliphatic carbocycles. The van der Waals surface area contributed by atoms with Gasteiger partial charge in [-0.25, -0.2) is 13.1 Å². The minimum atomic E-state index is -3.61. The summed E-state index contributed by atoms with van der Waals surface area (Å²) in [7, 11) is -3.61. The molecule has 0 bridgehead atoms. The molecule has 142 valence electrons. The van der Waals surface area contributed by atoms with Gasteiger partial charge in [0.15, 0.2) is 0 Å². The maximum absolute atomic E-state index is 13.0. The van der Waals surface area contributed by atoms with E-state index in [4.69, 9.17) is 9.15 Å². The van der Waals surface area contributed by atoms with Crippen LogP contribution in [0.3, 0.4) is 0 Å². The second kappa shape index (κ2) is 7.92. The van der Waals surface area contributed by atoms with Gasteiger partial charge in [0.25, 0.3) is 0 Å². The predicted octanol–water partition coefficient (Wildman–Crippen LogP) is 2.56. The van der Waals surface area contributed by atoms with Crippen molar-refractivity contribution in [2.75, 3.05) is 32.8 Å². The van der Waals surface area contributed by atoms with Crippen molar-refractivity contribution in [1.82, 2.24) is 9.62 Å². The molecule has 1 N–H and O–H groups in total. The lowest BCUT2D eigenvalue weighted by molar-refractivity contribution is 0.0128. The third kappa shape index (κ3) is 4.17. The molecule has 7 heteroatoms. The van der Waals surface area contributed by atoms with Gasteiger partial charge in [-0.15, -0.1) is 0 Å². The first-order chi connectivity index (χ1) is 12.4. The van der Waals surface area contributed by atoms with Crippen LogP contribution in [0, 0.1) is 20.8 Å². The highest BCUT2D eigenvalue weighted by Gasteiger charge is 2.28. The van der Waals surface area contributed by atoms with Crippen LogP contribution in [-0.2, 0) is 14.8 Å². The summed E-state index contributed by atoms with van der Waals surface area (Å²) in [6.45, 7) is 8.66. The number of ether oxygens (including phenoxy) is 1. The zero-order valence-corrected chi connectivity index (χ0v) is 16.3. The summed E-state index contributed by atoms with van der Waals surface area (Å²) in [6.07, 6.45) is 1.62. The Bertz CT molecular complexity index is 817. The molecule has 1 aliphatic heterocycles. The van der Waals surface area contributed by atoms with E-state index < -0.39 is 10.0 Å². The Hall–Kier alpha value is -1.67. The molecule has 1 aromatic heterocycles. The monoisotopic (exact) mass is 378 g/mol. The van der Waals surface area contributed by atoms with Crippen LogP contribution in [0.1, 0.15) is 28.5 Å². The third-order valence-electron chi connectivity index (χ3n) is 4.70. The molecule has 2 heterocycles. The number of sulfonamides is 1. The van der Waals surface area contributed by atoms with Gasteiger partial charge in [-0.05, 0) is 44.0 Å². The van der Waals surface area contributed by atoms with Crippen molar-refractivity contribution in [1.29, 1.82) is 0 Å². The number of hydrogen-bond acceptors (Lipinski definition) is 5. The second-order valence-corrected chi connectivity index (χ2v) is 8.46. The van der Waals surface area contributed by atoms with E-state index in [1.165, 1.54) is 0 Å². The fraction of sp³-hybridized carbons (Fsp3) is 0.474. The lowest BCUT2D eigenvalue weighted by atomic mass is 10.1. The van der Waals surface area contributed by atoms with E-state index in [1.807, 2.05) is 45.0 Å². The Labute approximate surface area is 155 Å². The number of nitrogens with one attached hydrogen (secondary N) is 1. The van der Waals surface area contributed by atoms with E-state index in [0.29, 0.717) is 18.1 Å². The normalized spacial score (nSPS) is 17.3. The summed E-state index contributed by atoms with van der Waals surface area (Å²) in [6, 6.07) is 7.35. The summed E-state index contributed by atoms with van der Waals surface area (Å²) >= 11 is 0. The van der Waals surface area contributed by atoms with Crippen molar-refractivity contribution in [3.8, 4) is 0 Å². The van der Waals surface area contributed by atoms with E-state index >= 15 is 0 Å². The Balaban J connectivity index is 1.82. The standard InChI is InChI=1S/C19H26N2O4S/c1-14-11-15(2)19(16(3)12-14)26(22,23)20-13-17(18-5-4-8-25-18)21-6-9-24-10-7-21/h4-5,8,11-12,17,20H,6-7,9-10,13H2,1-3H3/t17-/m0/s1. The van der Waals surface area contributed by atoms with Gasteiger partial charge in [0.2, 0.25) is 10.0 Å². The molecule has 1 aliphatic rings. The maximum atomic E-state index is 13.0. The van der Waals surface area contributed by atoms with Gasteiger partial charge in [0.1, 0.15) is 5.76 Å². The average Bonchev–Trinajstić information content (AvgIpc) is 3.09. The number of aryl methyl sites for hydroxylation is 3. The quantitative estimate of drug-likeness (QED) is 0.836.